The first-order chi connectivity index (χ1) is 9.66. The summed E-state index contributed by atoms with van der Waals surface area (Å²) in [6.45, 7) is 5.47. The van der Waals surface area contributed by atoms with Gasteiger partial charge in [-0.15, -0.1) is 11.3 Å². The van der Waals surface area contributed by atoms with E-state index in [2.05, 4.69) is 26.6 Å². The zero-order valence-electron chi connectivity index (χ0n) is 11.7. The molecule has 2 rings (SSSR count). The molecule has 0 atom stereocenters. The van der Waals surface area contributed by atoms with E-state index in [4.69, 9.17) is 4.74 Å². The van der Waals surface area contributed by atoms with Gasteiger partial charge in [-0.1, -0.05) is 0 Å². The van der Waals surface area contributed by atoms with Crippen LogP contribution >= 0.6 is 27.3 Å². The number of aryl methyl sites for hydroxylation is 1. The molecular weight excluding hydrogens is 340 g/mol. The lowest BCUT2D eigenvalue weighted by atomic mass is 10.1. The van der Waals surface area contributed by atoms with Crippen LogP contribution in [0.25, 0.3) is 0 Å². The van der Waals surface area contributed by atoms with E-state index in [-0.39, 0.29) is 5.91 Å². The SMILES string of the molecule is Cc1cc(C(=O)NCCCOC2CCNCC2)sc1Br. The first-order valence-electron chi connectivity index (χ1n) is 7.03. The highest BCUT2D eigenvalue weighted by Gasteiger charge is 2.13. The van der Waals surface area contributed by atoms with Gasteiger partial charge < -0.3 is 15.4 Å². The van der Waals surface area contributed by atoms with E-state index in [0.717, 1.165) is 53.2 Å². The van der Waals surface area contributed by atoms with Gasteiger partial charge in [0.2, 0.25) is 0 Å². The number of piperidine rings is 1. The Bertz CT molecular complexity index is 425. The normalized spacial score (nSPS) is 16.3. The molecule has 0 spiro atoms. The molecule has 1 aromatic heterocycles. The first kappa shape index (κ1) is 15.9. The molecule has 0 saturated carbocycles. The van der Waals surface area contributed by atoms with Crippen LogP contribution in [0.5, 0.6) is 0 Å². The average Bonchev–Trinajstić information content (AvgIpc) is 2.79. The van der Waals surface area contributed by atoms with Crippen molar-refractivity contribution >= 4 is 33.2 Å². The highest BCUT2D eigenvalue weighted by molar-refractivity contribution is 9.11. The van der Waals surface area contributed by atoms with E-state index in [0.29, 0.717) is 12.6 Å². The molecule has 0 radical (unpaired) electrons. The molecule has 1 amide bonds. The van der Waals surface area contributed by atoms with Crippen molar-refractivity contribution in [3.8, 4) is 0 Å². The van der Waals surface area contributed by atoms with Gasteiger partial charge in [-0.3, -0.25) is 4.79 Å². The highest BCUT2D eigenvalue weighted by atomic mass is 79.9. The first-order valence-corrected chi connectivity index (χ1v) is 8.64. The number of nitrogens with one attached hydrogen (secondary N) is 2. The summed E-state index contributed by atoms with van der Waals surface area (Å²) in [6, 6.07) is 1.91. The van der Waals surface area contributed by atoms with E-state index in [1.165, 1.54) is 11.3 Å². The summed E-state index contributed by atoms with van der Waals surface area (Å²) < 4.78 is 6.82. The van der Waals surface area contributed by atoms with Crippen LogP contribution in [-0.2, 0) is 4.74 Å². The summed E-state index contributed by atoms with van der Waals surface area (Å²) in [6.07, 6.45) is 3.44. The molecule has 1 saturated heterocycles. The number of hydrogen-bond acceptors (Lipinski definition) is 4. The Morgan fingerprint density at radius 3 is 2.95 bits per heavy atom. The summed E-state index contributed by atoms with van der Waals surface area (Å²) in [5, 5.41) is 6.25. The van der Waals surface area contributed by atoms with Crippen molar-refractivity contribution in [2.45, 2.75) is 32.3 Å². The zero-order chi connectivity index (χ0) is 14.4. The molecule has 6 heteroatoms. The standard InChI is InChI=1S/C14H21BrN2O2S/c1-10-9-12(20-13(10)15)14(18)17-5-2-8-19-11-3-6-16-7-4-11/h9,11,16H,2-8H2,1H3,(H,17,18). The summed E-state index contributed by atoms with van der Waals surface area (Å²) >= 11 is 4.91. The maximum absolute atomic E-state index is 11.9. The maximum atomic E-state index is 11.9. The van der Waals surface area contributed by atoms with E-state index in [1.54, 1.807) is 0 Å². The third-order valence-electron chi connectivity index (χ3n) is 3.33. The highest BCUT2D eigenvalue weighted by Crippen LogP contribution is 2.27. The Balaban J connectivity index is 1.59. The Labute approximate surface area is 132 Å². The molecule has 0 aromatic carbocycles. The van der Waals surface area contributed by atoms with Crippen molar-refractivity contribution in [1.29, 1.82) is 0 Å². The molecule has 2 heterocycles. The topological polar surface area (TPSA) is 50.4 Å². The second-order valence-electron chi connectivity index (χ2n) is 5.00. The van der Waals surface area contributed by atoms with Crippen molar-refractivity contribution in [3.05, 3.63) is 20.3 Å². The van der Waals surface area contributed by atoms with Crippen LogP contribution in [0, 0.1) is 6.92 Å². The van der Waals surface area contributed by atoms with E-state index in [9.17, 15) is 4.79 Å². The van der Waals surface area contributed by atoms with Crippen molar-refractivity contribution in [2.75, 3.05) is 26.2 Å². The molecule has 0 unspecified atom stereocenters. The smallest absolute Gasteiger partial charge is 0.261 e. The van der Waals surface area contributed by atoms with Gasteiger partial charge >= 0.3 is 0 Å². The van der Waals surface area contributed by atoms with Gasteiger partial charge in [0.25, 0.3) is 5.91 Å². The second-order valence-corrected chi connectivity index (χ2v) is 7.37. The fraction of sp³-hybridized carbons (Fsp3) is 0.643. The quantitative estimate of drug-likeness (QED) is 0.766. The molecular formula is C14H21BrN2O2S. The molecule has 4 nitrogen and oxygen atoms in total. The number of carbonyl (C=O) groups excluding carboxylic acids is 1. The molecule has 1 fully saturated rings. The predicted molar refractivity (Wildman–Crippen MR) is 85.5 cm³/mol. The van der Waals surface area contributed by atoms with Gasteiger partial charge in [0.05, 0.1) is 14.8 Å². The van der Waals surface area contributed by atoms with Crippen LogP contribution < -0.4 is 10.6 Å². The molecule has 1 aromatic rings. The lowest BCUT2D eigenvalue weighted by Gasteiger charge is -2.22. The van der Waals surface area contributed by atoms with Crippen molar-refractivity contribution in [3.63, 3.8) is 0 Å². The molecule has 1 aliphatic heterocycles. The fourth-order valence-electron chi connectivity index (χ4n) is 2.15. The van der Waals surface area contributed by atoms with Crippen LogP contribution in [-0.4, -0.2) is 38.3 Å². The minimum atomic E-state index is 0.00525. The maximum Gasteiger partial charge on any atom is 0.261 e. The number of thiophene rings is 1. The van der Waals surface area contributed by atoms with Crippen LogP contribution in [0.4, 0.5) is 0 Å². The Morgan fingerprint density at radius 1 is 1.55 bits per heavy atom. The van der Waals surface area contributed by atoms with Crippen LogP contribution in [0.1, 0.15) is 34.5 Å². The van der Waals surface area contributed by atoms with Crippen molar-refractivity contribution < 1.29 is 9.53 Å². The van der Waals surface area contributed by atoms with Crippen molar-refractivity contribution in [2.24, 2.45) is 0 Å². The van der Waals surface area contributed by atoms with Crippen LogP contribution in [0.2, 0.25) is 0 Å². The monoisotopic (exact) mass is 360 g/mol. The average molecular weight is 361 g/mol. The summed E-state index contributed by atoms with van der Waals surface area (Å²) in [7, 11) is 0. The van der Waals surface area contributed by atoms with E-state index < -0.39 is 0 Å². The molecule has 20 heavy (non-hydrogen) atoms. The number of amides is 1. The molecule has 0 bridgehead atoms. The third kappa shape index (κ3) is 4.84. The van der Waals surface area contributed by atoms with Crippen LogP contribution in [0.3, 0.4) is 0 Å². The van der Waals surface area contributed by atoms with Crippen molar-refractivity contribution in [1.82, 2.24) is 10.6 Å². The van der Waals surface area contributed by atoms with Gasteiger partial charge in [0, 0.05) is 13.2 Å². The number of carbonyl (C=O) groups is 1. The predicted octanol–water partition coefficient (Wildman–Crippen LogP) is 2.71. The molecule has 112 valence electrons. The lowest BCUT2D eigenvalue weighted by molar-refractivity contribution is 0.0318. The second kappa shape index (κ2) is 8.12. The van der Waals surface area contributed by atoms with Gasteiger partial charge in [-0.2, -0.15) is 0 Å². The number of hydrogen-bond donors (Lipinski definition) is 2. The van der Waals surface area contributed by atoms with E-state index >= 15 is 0 Å². The summed E-state index contributed by atoms with van der Waals surface area (Å²) in [5.74, 6) is 0.00525. The zero-order valence-corrected chi connectivity index (χ0v) is 14.1. The minimum absolute atomic E-state index is 0.00525. The number of halogens is 1. The number of rotatable bonds is 6. The largest absolute Gasteiger partial charge is 0.378 e. The fourth-order valence-corrected chi connectivity index (χ4v) is 3.60. The Morgan fingerprint density at radius 2 is 2.30 bits per heavy atom. The molecule has 2 N–H and O–H groups in total. The summed E-state index contributed by atoms with van der Waals surface area (Å²) in [4.78, 5) is 12.7. The van der Waals surface area contributed by atoms with Gasteiger partial charge in [-0.25, -0.2) is 0 Å². The van der Waals surface area contributed by atoms with Gasteiger partial charge in [0.1, 0.15) is 0 Å². The molecule has 0 aliphatic carbocycles. The Hall–Kier alpha value is -0.430. The third-order valence-corrected chi connectivity index (χ3v) is 5.46. The number of ether oxygens (including phenoxy) is 1. The molecule has 1 aliphatic rings. The van der Waals surface area contributed by atoms with E-state index in [1.807, 2.05) is 13.0 Å². The lowest BCUT2D eigenvalue weighted by Crippen LogP contribution is -2.33. The minimum Gasteiger partial charge on any atom is -0.378 e. The van der Waals surface area contributed by atoms with Gasteiger partial charge in [0.15, 0.2) is 0 Å². The van der Waals surface area contributed by atoms with Crippen LogP contribution in [0.15, 0.2) is 9.85 Å². The Kier molecular flexibility index (Phi) is 6.48. The summed E-state index contributed by atoms with van der Waals surface area (Å²) in [5.41, 5.74) is 1.11. The van der Waals surface area contributed by atoms with Gasteiger partial charge in [-0.05, 0) is 66.8 Å².